The number of sulfonamides is 1. The van der Waals surface area contributed by atoms with Crippen molar-refractivity contribution < 1.29 is 23.4 Å². The maximum Gasteiger partial charge on any atom is 0.244 e. The van der Waals surface area contributed by atoms with Crippen molar-refractivity contribution in [3.05, 3.63) is 76.3 Å². The Morgan fingerprint density at radius 2 is 1.21 bits per heavy atom. The molecular weight excluding hydrogens is 562 g/mol. The summed E-state index contributed by atoms with van der Waals surface area (Å²) in [6.07, 6.45) is 0. The van der Waals surface area contributed by atoms with Crippen LogP contribution in [-0.4, -0.2) is 68.4 Å². The number of anilines is 2. The normalized spacial score (nSPS) is 27.0. The maximum atomic E-state index is 14.2. The van der Waals surface area contributed by atoms with Crippen molar-refractivity contribution in [1.82, 2.24) is 4.31 Å². The van der Waals surface area contributed by atoms with Crippen molar-refractivity contribution in [2.24, 2.45) is 0 Å². The van der Waals surface area contributed by atoms with E-state index in [1.807, 2.05) is 24.3 Å². The van der Waals surface area contributed by atoms with Gasteiger partial charge in [-0.15, -0.1) is 0 Å². The van der Waals surface area contributed by atoms with Gasteiger partial charge in [0.15, 0.2) is 0 Å². The molecule has 0 amide bonds. The van der Waals surface area contributed by atoms with Crippen LogP contribution in [0.25, 0.3) is 0 Å². The number of fused-ring (bicyclic) bond motifs is 8. The summed E-state index contributed by atoms with van der Waals surface area (Å²) in [5, 5.41) is 19.9. The van der Waals surface area contributed by atoms with Crippen molar-refractivity contribution in [2.75, 3.05) is 43.2 Å². The molecule has 228 valence electrons. The predicted molar refractivity (Wildman–Crippen MR) is 168 cm³/mol. The standard InChI is InChI=1S/C34H41N3O5S/c1-20-32(3,4)23-16-25-29(18-27(23)36(20)12-14-38)42-30-19-28-24(33(5,6)21(2)37(28)13-15-39)17-26(30)34(25)22-10-8-9-11-31(22)43(40,41)35(34)7/h8-11,16-21,38-39H,12-15H2,1-7H3. The van der Waals surface area contributed by atoms with E-state index in [9.17, 15) is 18.6 Å². The molecule has 0 saturated carbocycles. The zero-order valence-corrected chi connectivity index (χ0v) is 26.8. The summed E-state index contributed by atoms with van der Waals surface area (Å²) in [4.78, 5) is 4.75. The van der Waals surface area contributed by atoms with E-state index in [0.29, 0.717) is 29.5 Å². The lowest BCUT2D eigenvalue weighted by Gasteiger charge is -2.42. The molecule has 9 heteroatoms. The summed E-state index contributed by atoms with van der Waals surface area (Å²) in [7, 11) is -2.15. The van der Waals surface area contributed by atoms with Crippen molar-refractivity contribution in [3.63, 3.8) is 0 Å². The molecule has 43 heavy (non-hydrogen) atoms. The number of hydrogen-bond acceptors (Lipinski definition) is 7. The predicted octanol–water partition coefficient (Wildman–Crippen LogP) is 4.68. The second-order valence-electron chi connectivity index (χ2n) is 13.6. The van der Waals surface area contributed by atoms with E-state index < -0.39 is 15.6 Å². The fraction of sp³-hybridized carbons (Fsp3) is 0.471. The summed E-state index contributed by atoms with van der Waals surface area (Å²) in [5.41, 5.74) is 4.89. The second kappa shape index (κ2) is 8.97. The van der Waals surface area contributed by atoms with Crippen LogP contribution in [0.4, 0.5) is 11.4 Å². The highest BCUT2D eigenvalue weighted by Gasteiger charge is 2.60. The van der Waals surface area contributed by atoms with Gasteiger partial charge in [-0.1, -0.05) is 45.9 Å². The molecule has 7 rings (SSSR count). The van der Waals surface area contributed by atoms with E-state index >= 15 is 0 Å². The highest BCUT2D eigenvalue weighted by molar-refractivity contribution is 7.89. The molecule has 3 aromatic carbocycles. The van der Waals surface area contributed by atoms with E-state index in [-0.39, 0.29) is 36.1 Å². The third-order valence-electron chi connectivity index (χ3n) is 11.3. The van der Waals surface area contributed by atoms with Crippen molar-refractivity contribution >= 4 is 21.4 Å². The first-order valence-electron chi connectivity index (χ1n) is 15.1. The minimum atomic E-state index is -3.83. The van der Waals surface area contributed by atoms with Gasteiger partial charge in [-0.2, -0.15) is 4.31 Å². The van der Waals surface area contributed by atoms with Crippen LogP contribution in [-0.2, 0) is 26.4 Å². The van der Waals surface area contributed by atoms with E-state index in [1.165, 1.54) is 4.31 Å². The average molecular weight is 604 g/mol. The van der Waals surface area contributed by atoms with Crippen LogP contribution in [0.15, 0.2) is 53.4 Å². The zero-order valence-electron chi connectivity index (χ0n) is 26.0. The Bertz CT molecular complexity index is 1700. The summed E-state index contributed by atoms with van der Waals surface area (Å²) < 4.78 is 36.7. The maximum absolute atomic E-state index is 14.2. The molecule has 0 aliphatic carbocycles. The Morgan fingerprint density at radius 3 is 1.67 bits per heavy atom. The molecule has 0 radical (unpaired) electrons. The summed E-state index contributed by atoms with van der Waals surface area (Å²) in [5.74, 6) is 1.22. The van der Waals surface area contributed by atoms with Crippen LogP contribution in [0, 0.1) is 0 Å². The van der Waals surface area contributed by atoms with Crippen LogP contribution >= 0.6 is 0 Å². The Labute approximate surface area is 254 Å². The van der Waals surface area contributed by atoms with E-state index in [2.05, 4.69) is 63.5 Å². The van der Waals surface area contributed by atoms with Crippen LogP contribution < -0.4 is 14.5 Å². The molecular formula is C34H41N3O5S. The van der Waals surface area contributed by atoms with E-state index in [0.717, 1.165) is 39.2 Å². The van der Waals surface area contributed by atoms with Crippen LogP contribution in [0.5, 0.6) is 11.5 Å². The minimum Gasteiger partial charge on any atom is -0.456 e. The number of aliphatic hydroxyl groups excluding tert-OH is 2. The summed E-state index contributed by atoms with van der Waals surface area (Å²) >= 11 is 0. The molecule has 4 heterocycles. The van der Waals surface area contributed by atoms with Crippen LogP contribution in [0.1, 0.15) is 69.4 Å². The largest absolute Gasteiger partial charge is 0.456 e. The fourth-order valence-electron chi connectivity index (χ4n) is 8.25. The molecule has 8 nitrogen and oxygen atoms in total. The lowest BCUT2D eigenvalue weighted by Crippen LogP contribution is -2.45. The SMILES string of the molecule is CC1N(CCO)c2cc3c(cc2C1(C)C)C1(c2cc4c(cc2O3)N(CCO)C(C)C4(C)C)c2ccccc2S(=O)(=O)N1C. The first-order chi connectivity index (χ1) is 20.2. The Balaban J connectivity index is 1.59. The van der Waals surface area contributed by atoms with Crippen LogP contribution in [0.2, 0.25) is 0 Å². The molecule has 0 bridgehead atoms. The van der Waals surface area contributed by atoms with Crippen LogP contribution in [0.3, 0.4) is 0 Å². The summed E-state index contributed by atoms with van der Waals surface area (Å²) in [6.45, 7) is 14.2. The van der Waals surface area contributed by atoms with Gasteiger partial charge in [0.2, 0.25) is 10.0 Å². The molecule has 1 spiro atoms. The van der Waals surface area contributed by atoms with Gasteiger partial charge >= 0.3 is 0 Å². The van der Waals surface area contributed by atoms with Gasteiger partial charge in [-0.25, -0.2) is 8.42 Å². The van der Waals surface area contributed by atoms with Gasteiger partial charge in [0.05, 0.1) is 18.1 Å². The molecule has 2 N–H and O–H groups in total. The molecule has 4 aliphatic rings. The Hall–Kier alpha value is -3.11. The number of aliphatic hydroxyl groups is 2. The van der Waals surface area contributed by atoms with Crippen molar-refractivity contribution in [2.45, 2.75) is 74.9 Å². The quantitative estimate of drug-likeness (QED) is 0.448. The van der Waals surface area contributed by atoms with Gasteiger partial charge < -0.3 is 24.7 Å². The first-order valence-corrected chi connectivity index (χ1v) is 16.6. The molecule has 2 unspecified atom stereocenters. The molecule has 3 aromatic rings. The number of benzene rings is 3. The summed E-state index contributed by atoms with van der Waals surface area (Å²) in [6, 6.07) is 16.0. The molecule has 0 aromatic heterocycles. The molecule has 4 aliphatic heterocycles. The average Bonchev–Trinajstić information content (AvgIpc) is 3.36. The number of ether oxygens (including phenoxy) is 1. The number of rotatable bonds is 4. The van der Waals surface area contributed by atoms with Gasteiger partial charge in [0.1, 0.15) is 17.0 Å². The van der Waals surface area contributed by atoms with Gasteiger partial charge in [0.25, 0.3) is 0 Å². The van der Waals surface area contributed by atoms with Gasteiger partial charge in [0, 0.05) is 83.2 Å². The lowest BCUT2D eigenvalue weighted by molar-refractivity contribution is 0.293. The van der Waals surface area contributed by atoms with Crippen molar-refractivity contribution in [1.29, 1.82) is 0 Å². The van der Waals surface area contributed by atoms with E-state index in [4.69, 9.17) is 4.74 Å². The number of hydrogen-bond donors (Lipinski definition) is 2. The van der Waals surface area contributed by atoms with E-state index in [1.54, 1.807) is 19.2 Å². The van der Waals surface area contributed by atoms with Gasteiger partial charge in [-0.05, 0) is 43.2 Å². The fourth-order valence-corrected chi connectivity index (χ4v) is 9.95. The minimum absolute atomic E-state index is 0.0275. The Kier molecular flexibility index (Phi) is 5.98. The monoisotopic (exact) mass is 603 g/mol. The van der Waals surface area contributed by atoms with Crippen molar-refractivity contribution in [3.8, 4) is 11.5 Å². The third kappa shape index (κ3) is 3.34. The lowest BCUT2D eigenvalue weighted by atomic mass is 9.71. The molecule has 0 saturated heterocycles. The zero-order chi connectivity index (χ0) is 30.9. The smallest absolute Gasteiger partial charge is 0.244 e. The molecule has 2 atom stereocenters. The number of β-amino-alcohol motifs (C(OH)–C–C–N with tert-alkyl or cyclic N) is 2. The third-order valence-corrected chi connectivity index (χ3v) is 13.2. The topological polar surface area (TPSA) is 93.5 Å². The Morgan fingerprint density at radius 1 is 0.744 bits per heavy atom. The van der Waals surface area contributed by atoms with Gasteiger partial charge in [-0.3, -0.25) is 0 Å². The highest BCUT2D eigenvalue weighted by Crippen LogP contribution is 2.63. The molecule has 0 fully saturated rings. The first kappa shape index (κ1) is 28.6. The second-order valence-corrected chi connectivity index (χ2v) is 15.6. The highest BCUT2D eigenvalue weighted by atomic mass is 32.2. The number of nitrogens with zero attached hydrogens (tertiary/aromatic N) is 3.